The van der Waals surface area contributed by atoms with Gasteiger partial charge in [0.2, 0.25) is 0 Å². The highest BCUT2D eigenvalue weighted by Gasteiger charge is 2.43. The Morgan fingerprint density at radius 1 is 1.50 bits per heavy atom. The van der Waals surface area contributed by atoms with E-state index in [2.05, 4.69) is 10.6 Å². The van der Waals surface area contributed by atoms with E-state index in [1.54, 1.807) is 6.07 Å². The number of rotatable bonds is 4. The summed E-state index contributed by atoms with van der Waals surface area (Å²) in [6.45, 7) is -0.102. The van der Waals surface area contributed by atoms with E-state index < -0.39 is 16.5 Å². The van der Waals surface area contributed by atoms with Crippen LogP contribution in [0.1, 0.15) is 12.8 Å². The normalized spacial score (nSPS) is 15.8. The molecule has 0 saturated heterocycles. The number of benzene rings is 1. The standard InChI is InChI=1S/C11H13N3O4/c15-7-11(4-5-11)13-10(16)12-8-2-1-3-9(6-8)14(17)18/h1-3,6,15H,4-5,7H2,(H2,12,13,16). The molecule has 0 heterocycles. The molecule has 2 rings (SSSR count). The number of anilines is 1. The molecule has 2 amide bonds. The molecule has 0 aromatic heterocycles. The van der Waals surface area contributed by atoms with Crippen LogP contribution in [0.4, 0.5) is 16.2 Å². The largest absolute Gasteiger partial charge is 0.394 e. The second-order valence-corrected chi connectivity index (χ2v) is 4.33. The Labute approximate surface area is 103 Å². The number of aliphatic hydroxyl groups excluding tert-OH is 1. The Morgan fingerprint density at radius 2 is 2.22 bits per heavy atom. The molecule has 0 unspecified atom stereocenters. The summed E-state index contributed by atoms with van der Waals surface area (Å²) in [5.74, 6) is 0. The average Bonchev–Trinajstić information content (AvgIpc) is 3.09. The highest BCUT2D eigenvalue weighted by atomic mass is 16.6. The molecule has 1 aliphatic carbocycles. The minimum atomic E-state index is -0.529. The lowest BCUT2D eigenvalue weighted by atomic mass is 10.3. The van der Waals surface area contributed by atoms with Gasteiger partial charge in [0.15, 0.2) is 0 Å². The minimum Gasteiger partial charge on any atom is -0.394 e. The maximum atomic E-state index is 11.6. The first kappa shape index (κ1) is 12.3. The Kier molecular flexibility index (Phi) is 3.15. The lowest BCUT2D eigenvalue weighted by molar-refractivity contribution is -0.384. The van der Waals surface area contributed by atoms with E-state index in [1.807, 2.05) is 0 Å². The van der Waals surface area contributed by atoms with E-state index >= 15 is 0 Å². The third-order valence-corrected chi connectivity index (χ3v) is 2.85. The third-order valence-electron chi connectivity index (χ3n) is 2.85. The summed E-state index contributed by atoms with van der Waals surface area (Å²) >= 11 is 0. The van der Waals surface area contributed by atoms with Gasteiger partial charge in [-0.2, -0.15) is 0 Å². The second kappa shape index (κ2) is 4.61. The first-order valence-electron chi connectivity index (χ1n) is 5.49. The molecule has 1 fully saturated rings. The molecule has 18 heavy (non-hydrogen) atoms. The van der Waals surface area contributed by atoms with Gasteiger partial charge >= 0.3 is 6.03 Å². The van der Waals surface area contributed by atoms with Crippen LogP contribution < -0.4 is 10.6 Å². The van der Waals surface area contributed by atoms with E-state index in [0.29, 0.717) is 5.69 Å². The number of nitro groups is 1. The van der Waals surface area contributed by atoms with Crippen LogP contribution in [0, 0.1) is 10.1 Å². The number of carbonyl (C=O) groups is 1. The average molecular weight is 251 g/mol. The summed E-state index contributed by atoms with van der Waals surface area (Å²) in [6, 6.07) is 5.21. The maximum Gasteiger partial charge on any atom is 0.319 e. The quantitative estimate of drug-likeness (QED) is 0.553. The number of aliphatic hydroxyl groups is 1. The molecule has 0 aliphatic heterocycles. The van der Waals surface area contributed by atoms with Crippen LogP contribution in [0.2, 0.25) is 0 Å². The molecule has 1 aromatic carbocycles. The topological polar surface area (TPSA) is 104 Å². The fourth-order valence-corrected chi connectivity index (χ4v) is 1.57. The summed E-state index contributed by atoms with van der Waals surface area (Å²) in [7, 11) is 0. The van der Waals surface area contributed by atoms with Crippen LogP contribution in [0.3, 0.4) is 0 Å². The van der Waals surface area contributed by atoms with E-state index in [1.165, 1.54) is 18.2 Å². The highest BCUT2D eigenvalue weighted by Crippen LogP contribution is 2.34. The Morgan fingerprint density at radius 3 is 2.78 bits per heavy atom. The maximum absolute atomic E-state index is 11.6. The second-order valence-electron chi connectivity index (χ2n) is 4.33. The number of nitrogens with one attached hydrogen (secondary N) is 2. The molecule has 1 saturated carbocycles. The first-order valence-corrected chi connectivity index (χ1v) is 5.49. The zero-order valence-corrected chi connectivity index (χ0v) is 9.55. The van der Waals surface area contributed by atoms with Gasteiger partial charge in [0.25, 0.3) is 5.69 Å². The van der Waals surface area contributed by atoms with Gasteiger partial charge in [-0.1, -0.05) is 6.07 Å². The molecular weight excluding hydrogens is 238 g/mol. The van der Waals surface area contributed by atoms with Crippen LogP contribution in [-0.2, 0) is 0 Å². The van der Waals surface area contributed by atoms with Gasteiger partial charge in [-0.15, -0.1) is 0 Å². The van der Waals surface area contributed by atoms with Crippen LogP contribution in [0.25, 0.3) is 0 Å². The molecule has 0 atom stereocenters. The molecule has 7 nitrogen and oxygen atoms in total. The Hall–Kier alpha value is -2.15. The lowest BCUT2D eigenvalue weighted by Gasteiger charge is -2.14. The number of amides is 2. The van der Waals surface area contributed by atoms with Gasteiger partial charge in [-0.3, -0.25) is 10.1 Å². The van der Waals surface area contributed by atoms with Gasteiger partial charge < -0.3 is 15.7 Å². The third kappa shape index (κ3) is 2.75. The van der Waals surface area contributed by atoms with Crippen molar-refractivity contribution < 1.29 is 14.8 Å². The molecule has 0 radical (unpaired) electrons. The Bertz CT molecular complexity index is 485. The summed E-state index contributed by atoms with van der Waals surface area (Å²) in [5, 5.41) is 24.8. The van der Waals surface area contributed by atoms with Crippen molar-refractivity contribution in [3.63, 3.8) is 0 Å². The summed E-state index contributed by atoms with van der Waals surface area (Å²) in [5.41, 5.74) is -0.253. The van der Waals surface area contributed by atoms with E-state index in [0.717, 1.165) is 12.8 Å². The van der Waals surface area contributed by atoms with Gasteiger partial charge in [0, 0.05) is 17.8 Å². The number of nitro benzene ring substituents is 1. The zero-order chi connectivity index (χ0) is 13.2. The van der Waals surface area contributed by atoms with Crippen molar-refractivity contribution in [2.24, 2.45) is 0 Å². The van der Waals surface area contributed by atoms with Crippen LogP contribution in [-0.4, -0.2) is 28.2 Å². The molecular formula is C11H13N3O4. The molecule has 7 heteroatoms. The molecule has 1 aliphatic rings. The number of hydrogen-bond acceptors (Lipinski definition) is 4. The highest BCUT2D eigenvalue weighted by molar-refractivity contribution is 5.90. The van der Waals surface area contributed by atoms with Crippen LogP contribution in [0.15, 0.2) is 24.3 Å². The van der Waals surface area contributed by atoms with Gasteiger partial charge in [0.05, 0.1) is 17.1 Å². The minimum absolute atomic E-state index is 0.0870. The van der Waals surface area contributed by atoms with E-state index in [9.17, 15) is 14.9 Å². The van der Waals surface area contributed by atoms with Crippen LogP contribution >= 0.6 is 0 Å². The molecule has 0 bridgehead atoms. The molecule has 1 aromatic rings. The van der Waals surface area contributed by atoms with E-state index in [4.69, 9.17) is 5.11 Å². The molecule has 96 valence electrons. The predicted octanol–water partition coefficient (Wildman–Crippen LogP) is 1.24. The van der Waals surface area contributed by atoms with E-state index in [-0.39, 0.29) is 12.3 Å². The lowest BCUT2D eigenvalue weighted by Crippen LogP contribution is -2.42. The fraction of sp³-hybridized carbons (Fsp3) is 0.364. The van der Waals surface area contributed by atoms with Gasteiger partial charge in [-0.25, -0.2) is 4.79 Å². The van der Waals surface area contributed by atoms with Crippen molar-refractivity contribution in [2.75, 3.05) is 11.9 Å². The number of hydrogen-bond donors (Lipinski definition) is 3. The van der Waals surface area contributed by atoms with Crippen molar-refractivity contribution in [1.29, 1.82) is 0 Å². The van der Waals surface area contributed by atoms with Gasteiger partial charge in [0.1, 0.15) is 0 Å². The summed E-state index contributed by atoms with van der Waals surface area (Å²) < 4.78 is 0. The molecule has 0 spiro atoms. The predicted molar refractivity (Wildman–Crippen MR) is 64.3 cm³/mol. The van der Waals surface area contributed by atoms with Crippen molar-refractivity contribution in [2.45, 2.75) is 18.4 Å². The van der Waals surface area contributed by atoms with Gasteiger partial charge in [-0.05, 0) is 18.9 Å². The summed E-state index contributed by atoms with van der Waals surface area (Å²) in [6.07, 6.45) is 1.48. The number of carbonyl (C=O) groups excluding carboxylic acids is 1. The van der Waals surface area contributed by atoms with Crippen LogP contribution in [0.5, 0.6) is 0 Å². The first-order chi connectivity index (χ1) is 8.54. The fourth-order valence-electron chi connectivity index (χ4n) is 1.57. The number of non-ortho nitro benzene ring substituents is 1. The zero-order valence-electron chi connectivity index (χ0n) is 9.55. The Balaban J connectivity index is 1.98. The monoisotopic (exact) mass is 251 g/mol. The van der Waals surface area contributed by atoms with Crippen molar-refractivity contribution >= 4 is 17.4 Å². The smallest absolute Gasteiger partial charge is 0.319 e. The van der Waals surface area contributed by atoms with Crippen molar-refractivity contribution in [3.8, 4) is 0 Å². The van der Waals surface area contributed by atoms with Crippen molar-refractivity contribution in [3.05, 3.63) is 34.4 Å². The number of nitrogens with zero attached hydrogens (tertiary/aromatic N) is 1. The molecule has 3 N–H and O–H groups in total. The van der Waals surface area contributed by atoms with Crippen molar-refractivity contribution in [1.82, 2.24) is 5.32 Å². The number of urea groups is 1. The SMILES string of the molecule is O=C(Nc1cccc([N+](=O)[O-])c1)NC1(CO)CC1. The summed E-state index contributed by atoms with van der Waals surface area (Å²) in [4.78, 5) is 21.6.